The molecule has 2 aliphatic heterocycles. The summed E-state index contributed by atoms with van der Waals surface area (Å²) in [4.78, 5) is 36.4. The molecule has 0 atom stereocenters. The van der Waals surface area contributed by atoms with Crippen molar-refractivity contribution in [3.8, 4) is 5.75 Å². The lowest BCUT2D eigenvalue weighted by Gasteiger charge is -2.23. The van der Waals surface area contributed by atoms with Gasteiger partial charge >= 0.3 is 0 Å². The number of para-hydroxylation sites is 1. The molecule has 2 N–H and O–H groups in total. The molecule has 38 heavy (non-hydrogen) atoms. The summed E-state index contributed by atoms with van der Waals surface area (Å²) in [5.41, 5.74) is 4.36. The highest BCUT2D eigenvalue weighted by atomic mass is 16.5. The highest BCUT2D eigenvalue weighted by Crippen LogP contribution is 2.40. The van der Waals surface area contributed by atoms with E-state index in [2.05, 4.69) is 15.6 Å². The van der Waals surface area contributed by atoms with E-state index in [1.54, 1.807) is 18.1 Å². The van der Waals surface area contributed by atoms with Crippen LogP contribution in [-0.4, -0.2) is 68.6 Å². The van der Waals surface area contributed by atoms with Crippen molar-refractivity contribution >= 4 is 40.4 Å². The molecule has 2 amide bonds. The molecule has 1 fully saturated rings. The van der Waals surface area contributed by atoms with Gasteiger partial charge in [-0.15, -0.1) is 0 Å². The minimum Gasteiger partial charge on any atom is -0.491 e. The maximum atomic E-state index is 13.2. The zero-order valence-corrected chi connectivity index (χ0v) is 22.2. The molecule has 3 aromatic rings. The molecule has 0 unspecified atom stereocenters. The third kappa shape index (κ3) is 5.02. The Morgan fingerprint density at radius 3 is 2.71 bits per heavy atom. The summed E-state index contributed by atoms with van der Waals surface area (Å²) in [6, 6.07) is 15.0. The number of fused-ring (bicyclic) bond motifs is 2. The molecule has 0 spiro atoms. The number of amides is 2. The van der Waals surface area contributed by atoms with Crippen LogP contribution >= 0.6 is 0 Å². The van der Waals surface area contributed by atoms with Crippen LogP contribution in [0.1, 0.15) is 40.5 Å². The van der Waals surface area contributed by atoms with Crippen molar-refractivity contribution in [2.24, 2.45) is 0 Å². The average molecular weight is 515 g/mol. The maximum absolute atomic E-state index is 13.2. The Morgan fingerprint density at radius 1 is 1.03 bits per heavy atom. The van der Waals surface area contributed by atoms with Gasteiger partial charge in [-0.2, -0.15) is 0 Å². The number of nitrogens with one attached hydrogen (secondary N) is 2. The minimum atomic E-state index is -0.0793. The van der Waals surface area contributed by atoms with Gasteiger partial charge in [-0.3, -0.25) is 9.59 Å². The van der Waals surface area contributed by atoms with Crippen LogP contribution in [0.3, 0.4) is 0 Å². The van der Waals surface area contributed by atoms with Crippen molar-refractivity contribution in [2.45, 2.75) is 19.8 Å². The average Bonchev–Trinajstić information content (AvgIpc) is 3.27. The van der Waals surface area contributed by atoms with Gasteiger partial charge in [0.15, 0.2) is 0 Å². The van der Waals surface area contributed by atoms with Crippen molar-refractivity contribution < 1.29 is 14.3 Å². The van der Waals surface area contributed by atoms with Crippen molar-refractivity contribution in [2.75, 3.05) is 62.0 Å². The normalized spacial score (nSPS) is 15.3. The van der Waals surface area contributed by atoms with E-state index in [0.717, 1.165) is 55.2 Å². The first-order chi connectivity index (χ1) is 18.5. The first-order valence-corrected chi connectivity index (χ1v) is 13.1. The van der Waals surface area contributed by atoms with Crippen LogP contribution < -0.4 is 25.2 Å². The first-order valence-electron chi connectivity index (χ1n) is 13.1. The fourth-order valence-corrected chi connectivity index (χ4v) is 4.86. The molecule has 9 nitrogen and oxygen atoms in total. The van der Waals surface area contributed by atoms with Crippen molar-refractivity contribution in [3.63, 3.8) is 0 Å². The molecule has 2 aromatic carbocycles. The first kappa shape index (κ1) is 25.5. The summed E-state index contributed by atoms with van der Waals surface area (Å²) in [7, 11) is 3.71. The molecule has 0 bridgehead atoms. The molecule has 3 heterocycles. The zero-order chi connectivity index (χ0) is 26.6. The number of pyridine rings is 1. The molecular formula is C29H34N6O3. The number of rotatable bonds is 6. The summed E-state index contributed by atoms with van der Waals surface area (Å²) in [6.07, 6.45) is 3.49. The van der Waals surface area contributed by atoms with Gasteiger partial charge in [0.1, 0.15) is 11.6 Å². The Kier molecular flexibility index (Phi) is 7.46. The summed E-state index contributed by atoms with van der Waals surface area (Å²) in [6.45, 7) is 5.74. The lowest BCUT2D eigenvalue weighted by atomic mass is 10.1. The second-order valence-corrected chi connectivity index (χ2v) is 9.58. The Hall–Kier alpha value is -4.11. The smallest absolute Gasteiger partial charge is 0.260 e. The molecular weight excluding hydrogens is 480 g/mol. The van der Waals surface area contributed by atoms with E-state index in [0.29, 0.717) is 35.8 Å². The van der Waals surface area contributed by atoms with Crippen LogP contribution in [0.15, 0.2) is 54.7 Å². The van der Waals surface area contributed by atoms with E-state index >= 15 is 0 Å². The number of hydrogen-bond acceptors (Lipinski definition) is 7. The highest BCUT2D eigenvalue weighted by Gasteiger charge is 2.28. The maximum Gasteiger partial charge on any atom is 0.260 e. The van der Waals surface area contributed by atoms with Crippen LogP contribution in [0.5, 0.6) is 5.75 Å². The largest absolute Gasteiger partial charge is 0.491 e. The van der Waals surface area contributed by atoms with Gasteiger partial charge in [0.05, 0.1) is 41.1 Å². The Balaban J connectivity index is 1.45. The number of carbonyl (C=O) groups is 2. The lowest BCUT2D eigenvalue weighted by Crippen LogP contribution is -2.34. The van der Waals surface area contributed by atoms with E-state index in [1.165, 1.54) is 0 Å². The fourth-order valence-electron chi connectivity index (χ4n) is 4.86. The van der Waals surface area contributed by atoms with E-state index < -0.39 is 0 Å². The monoisotopic (exact) mass is 514 g/mol. The number of nitrogens with zero attached hydrogens (tertiary/aromatic N) is 4. The third-order valence-corrected chi connectivity index (χ3v) is 6.97. The van der Waals surface area contributed by atoms with E-state index in [4.69, 9.17) is 4.74 Å². The highest BCUT2D eigenvalue weighted by molar-refractivity contribution is 6.13. The predicted octanol–water partition coefficient (Wildman–Crippen LogP) is 4.41. The summed E-state index contributed by atoms with van der Waals surface area (Å²) < 4.78 is 6.06. The minimum absolute atomic E-state index is 0.0118. The number of ether oxygens (including phenoxy) is 1. The van der Waals surface area contributed by atoms with Gasteiger partial charge < -0.3 is 30.1 Å². The molecule has 198 valence electrons. The van der Waals surface area contributed by atoms with Crippen molar-refractivity contribution in [1.29, 1.82) is 0 Å². The number of aromatic nitrogens is 1. The molecule has 1 aromatic heterocycles. The van der Waals surface area contributed by atoms with Gasteiger partial charge in [-0.1, -0.05) is 19.1 Å². The molecule has 1 saturated heterocycles. The molecule has 0 saturated carbocycles. The Morgan fingerprint density at radius 2 is 1.87 bits per heavy atom. The van der Waals surface area contributed by atoms with E-state index in [9.17, 15) is 9.59 Å². The molecule has 2 aliphatic rings. The van der Waals surface area contributed by atoms with Crippen molar-refractivity contribution in [1.82, 2.24) is 15.2 Å². The SMILES string of the molecule is CCCOc1cc(C(=O)N2CCCNCC2)ccc1Nc1cc2c(cn1)N(C)C(=O)c1ccccc1N2C. The van der Waals surface area contributed by atoms with Crippen LogP contribution in [0.2, 0.25) is 0 Å². The number of carbonyl (C=O) groups excluding carboxylic acids is 2. The molecule has 5 rings (SSSR count). The number of benzene rings is 2. The second-order valence-electron chi connectivity index (χ2n) is 9.58. The third-order valence-electron chi connectivity index (χ3n) is 6.97. The van der Waals surface area contributed by atoms with Crippen LogP contribution in [0.4, 0.5) is 28.6 Å². The Labute approximate surface area is 223 Å². The number of hydrogen-bond donors (Lipinski definition) is 2. The molecule has 0 radical (unpaired) electrons. The van der Waals surface area contributed by atoms with Crippen LogP contribution in [0.25, 0.3) is 0 Å². The number of anilines is 5. The van der Waals surface area contributed by atoms with Gasteiger partial charge in [0.25, 0.3) is 11.8 Å². The van der Waals surface area contributed by atoms with Crippen LogP contribution in [-0.2, 0) is 0 Å². The quantitative estimate of drug-likeness (QED) is 0.504. The van der Waals surface area contributed by atoms with Gasteiger partial charge in [-0.05, 0) is 49.7 Å². The van der Waals surface area contributed by atoms with Crippen LogP contribution in [0, 0.1) is 0 Å². The topological polar surface area (TPSA) is 90.0 Å². The van der Waals surface area contributed by atoms with E-state index in [1.807, 2.05) is 72.3 Å². The standard InChI is InChI=1S/C29H34N6O3/c1-4-16-38-26-17-20(28(36)35-14-7-12-30-13-15-35)10-11-22(26)32-27-18-24-25(19-31-27)34(3)29(37)21-8-5-6-9-23(21)33(24)2/h5-6,8-11,17-19,30H,4,7,12-16H2,1-3H3,(H,31,32). The second kappa shape index (κ2) is 11.1. The summed E-state index contributed by atoms with van der Waals surface area (Å²) >= 11 is 0. The summed E-state index contributed by atoms with van der Waals surface area (Å²) in [5, 5.41) is 6.72. The zero-order valence-electron chi connectivity index (χ0n) is 22.2. The predicted molar refractivity (Wildman–Crippen MR) is 150 cm³/mol. The van der Waals surface area contributed by atoms with E-state index in [-0.39, 0.29) is 11.8 Å². The summed E-state index contributed by atoms with van der Waals surface area (Å²) in [5.74, 6) is 1.14. The van der Waals surface area contributed by atoms with Gasteiger partial charge in [-0.25, -0.2) is 4.98 Å². The lowest BCUT2D eigenvalue weighted by molar-refractivity contribution is 0.0765. The van der Waals surface area contributed by atoms with Gasteiger partial charge in [0, 0.05) is 45.4 Å². The molecule has 0 aliphatic carbocycles. The van der Waals surface area contributed by atoms with Crippen molar-refractivity contribution in [3.05, 3.63) is 65.9 Å². The molecule has 9 heteroatoms. The fraction of sp³-hybridized carbons (Fsp3) is 0.345. The van der Waals surface area contributed by atoms with Gasteiger partial charge in [0.2, 0.25) is 0 Å². The Bertz CT molecular complexity index is 1340.